The average Bonchev–Trinajstić information content (AvgIpc) is 2.68. The smallest absolute Gasteiger partial charge is 0.145 e. The molecule has 1 aromatic heterocycles. The van der Waals surface area contributed by atoms with Crippen molar-refractivity contribution in [1.29, 1.82) is 0 Å². The highest BCUT2D eigenvalue weighted by Gasteiger charge is 2.06. The third-order valence-corrected chi connectivity index (χ3v) is 3.35. The summed E-state index contributed by atoms with van der Waals surface area (Å²) in [7, 11) is -1.03. The van der Waals surface area contributed by atoms with E-state index in [2.05, 4.69) is 11.1 Å². The van der Waals surface area contributed by atoms with Crippen molar-refractivity contribution in [3.05, 3.63) is 36.0 Å². The number of fused-ring (bicyclic) bond motifs is 1. The van der Waals surface area contributed by atoms with E-state index in [-0.39, 0.29) is 11.5 Å². The Balaban J connectivity index is 1.99. The lowest BCUT2D eigenvalue weighted by molar-refractivity contribution is -0.116. The molecule has 1 aromatic carbocycles. The molecule has 2 aromatic rings. The number of Topliss-reactive ketones (excluding diaryl/α,β-unsaturated/α-hetero) is 1. The zero-order valence-electron chi connectivity index (χ0n) is 9.73. The molecule has 0 spiro atoms. The number of hydrogen-bond acceptors (Lipinski definition) is 2. The van der Waals surface area contributed by atoms with Gasteiger partial charge in [-0.05, 0) is 23.9 Å². The topological polar surface area (TPSA) is 49.9 Å². The largest absolute Gasteiger partial charge is 0.358 e. The molecule has 0 bridgehead atoms. The van der Waals surface area contributed by atoms with Crippen molar-refractivity contribution in [3.8, 4) is 0 Å². The standard InChI is InChI=1S/C13H15NO2S/c1-17(16)9-12(15)7-6-11-8-10-4-2-3-5-13(10)14-11/h2-5,8,14H,6-7,9H2,1H3. The third kappa shape index (κ3) is 3.27. The van der Waals surface area contributed by atoms with Crippen LogP contribution in [-0.2, 0) is 22.0 Å². The van der Waals surface area contributed by atoms with E-state index in [1.165, 1.54) is 0 Å². The summed E-state index contributed by atoms with van der Waals surface area (Å²) in [5.74, 6) is 0.227. The molecule has 90 valence electrons. The number of nitrogens with one attached hydrogen (secondary N) is 1. The Morgan fingerprint density at radius 3 is 2.82 bits per heavy atom. The van der Waals surface area contributed by atoms with Crippen molar-refractivity contribution in [2.75, 3.05) is 12.0 Å². The molecule has 0 aliphatic carbocycles. The van der Waals surface area contributed by atoms with E-state index >= 15 is 0 Å². The minimum absolute atomic E-state index is 0.0597. The number of benzene rings is 1. The Morgan fingerprint density at radius 2 is 2.12 bits per heavy atom. The fourth-order valence-electron chi connectivity index (χ4n) is 1.84. The second-order valence-electron chi connectivity index (χ2n) is 4.14. The van der Waals surface area contributed by atoms with Gasteiger partial charge in [-0.3, -0.25) is 9.00 Å². The number of hydrogen-bond donors (Lipinski definition) is 1. The van der Waals surface area contributed by atoms with Crippen LogP contribution in [0.1, 0.15) is 12.1 Å². The van der Waals surface area contributed by atoms with E-state index in [4.69, 9.17) is 0 Å². The fourth-order valence-corrected chi connectivity index (χ4v) is 2.44. The highest BCUT2D eigenvalue weighted by molar-refractivity contribution is 7.85. The second kappa shape index (κ2) is 5.27. The number of aromatic amines is 1. The molecule has 17 heavy (non-hydrogen) atoms. The Morgan fingerprint density at radius 1 is 1.35 bits per heavy atom. The van der Waals surface area contributed by atoms with Crippen molar-refractivity contribution < 1.29 is 9.00 Å². The summed E-state index contributed by atoms with van der Waals surface area (Å²) in [5.41, 5.74) is 2.15. The second-order valence-corrected chi connectivity index (χ2v) is 5.57. The zero-order valence-corrected chi connectivity index (χ0v) is 10.5. The van der Waals surface area contributed by atoms with E-state index in [1.807, 2.05) is 24.3 Å². The predicted molar refractivity (Wildman–Crippen MR) is 70.6 cm³/mol. The van der Waals surface area contributed by atoms with Crippen molar-refractivity contribution in [2.24, 2.45) is 0 Å². The van der Waals surface area contributed by atoms with Gasteiger partial charge in [-0.15, -0.1) is 0 Å². The predicted octanol–water partition coefficient (Wildman–Crippen LogP) is 2.05. The molecular weight excluding hydrogens is 234 g/mol. The van der Waals surface area contributed by atoms with Gasteiger partial charge in [0.05, 0.1) is 5.75 Å². The molecular formula is C13H15NO2S. The summed E-state index contributed by atoms with van der Waals surface area (Å²) in [6.07, 6.45) is 2.69. The van der Waals surface area contributed by atoms with E-state index < -0.39 is 10.8 Å². The first kappa shape index (κ1) is 12.0. The van der Waals surface area contributed by atoms with E-state index in [1.54, 1.807) is 6.26 Å². The normalized spacial score (nSPS) is 12.8. The Kier molecular flexibility index (Phi) is 3.74. The van der Waals surface area contributed by atoms with Crippen LogP contribution in [0.4, 0.5) is 0 Å². The van der Waals surface area contributed by atoms with Gasteiger partial charge in [0, 0.05) is 34.7 Å². The van der Waals surface area contributed by atoms with Crippen LogP contribution >= 0.6 is 0 Å². The van der Waals surface area contributed by atoms with E-state index in [9.17, 15) is 9.00 Å². The Bertz CT molecular complexity index is 526. The lowest BCUT2D eigenvalue weighted by atomic mass is 10.2. The summed E-state index contributed by atoms with van der Waals surface area (Å²) in [6.45, 7) is 0. The molecule has 0 aliphatic rings. The van der Waals surface area contributed by atoms with Crippen LogP contribution in [0.5, 0.6) is 0 Å². The van der Waals surface area contributed by atoms with Gasteiger partial charge in [0.2, 0.25) is 0 Å². The number of aromatic nitrogens is 1. The van der Waals surface area contributed by atoms with Crippen molar-refractivity contribution in [2.45, 2.75) is 12.8 Å². The lowest BCUT2D eigenvalue weighted by Crippen LogP contribution is -2.10. The molecule has 1 heterocycles. The molecule has 0 amide bonds. The molecule has 4 heteroatoms. The summed E-state index contributed by atoms with van der Waals surface area (Å²) in [4.78, 5) is 14.7. The summed E-state index contributed by atoms with van der Waals surface area (Å²) in [5, 5.41) is 1.16. The lowest BCUT2D eigenvalue weighted by Gasteiger charge is -1.97. The maximum atomic E-state index is 11.4. The van der Waals surface area contributed by atoms with Crippen LogP contribution in [0.15, 0.2) is 30.3 Å². The molecule has 1 unspecified atom stereocenters. The molecule has 0 radical (unpaired) electrons. The Hall–Kier alpha value is -1.42. The van der Waals surface area contributed by atoms with E-state index in [0.29, 0.717) is 12.8 Å². The highest BCUT2D eigenvalue weighted by Crippen LogP contribution is 2.15. The first-order valence-corrected chi connectivity index (χ1v) is 7.26. The summed E-state index contributed by atoms with van der Waals surface area (Å²) < 4.78 is 10.9. The van der Waals surface area contributed by atoms with Crippen LogP contribution in [0.25, 0.3) is 10.9 Å². The average molecular weight is 249 g/mol. The first-order chi connectivity index (χ1) is 8.15. The van der Waals surface area contributed by atoms with Gasteiger partial charge >= 0.3 is 0 Å². The molecule has 0 fully saturated rings. The fraction of sp³-hybridized carbons (Fsp3) is 0.308. The van der Waals surface area contributed by atoms with Crippen LogP contribution in [0.2, 0.25) is 0 Å². The SMILES string of the molecule is CS(=O)CC(=O)CCc1cc2ccccc2[nH]1. The van der Waals surface area contributed by atoms with Crippen LogP contribution < -0.4 is 0 Å². The monoisotopic (exact) mass is 249 g/mol. The number of H-pyrrole nitrogens is 1. The van der Waals surface area contributed by atoms with Crippen LogP contribution in [0.3, 0.4) is 0 Å². The Labute approximate surface area is 103 Å². The van der Waals surface area contributed by atoms with Crippen molar-refractivity contribution >= 4 is 27.5 Å². The third-order valence-electron chi connectivity index (χ3n) is 2.62. The maximum absolute atomic E-state index is 11.4. The van der Waals surface area contributed by atoms with Gasteiger partial charge in [-0.1, -0.05) is 18.2 Å². The van der Waals surface area contributed by atoms with Gasteiger partial charge < -0.3 is 4.98 Å². The molecule has 3 nitrogen and oxygen atoms in total. The maximum Gasteiger partial charge on any atom is 0.145 e. The summed E-state index contributed by atoms with van der Waals surface area (Å²) in [6, 6.07) is 10.1. The zero-order chi connectivity index (χ0) is 12.3. The van der Waals surface area contributed by atoms with Gasteiger partial charge in [0.25, 0.3) is 0 Å². The molecule has 0 aliphatic heterocycles. The van der Waals surface area contributed by atoms with Crippen molar-refractivity contribution in [1.82, 2.24) is 4.98 Å². The number of carbonyl (C=O) groups excluding carboxylic acids is 1. The number of para-hydroxylation sites is 1. The molecule has 1 atom stereocenters. The highest BCUT2D eigenvalue weighted by atomic mass is 32.2. The quantitative estimate of drug-likeness (QED) is 0.881. The molecule has 0 saturated heterocycles. The van der Waals surface area contributed by atoms with Crippen LogP contribution in [0, 0.1) is 0 Å². The molecule has 1 N–H and O–H groups in total. The van der Waals surface area contributed by atoms with Gasteiger partial charge in [0.15, 0.2) is 0 Å². The van der Waals surface area contributed by atoms with E-state index in [0.717, 1.165) is 16.6 Å². The van der Waals surface area contributed by atoms with Crippen LogP contribution in [-0.4, -0.2) is 27.0 Å². The molecule has 0 saturated carbocycles. The molecule has 2 rings (SSSR count). The number of rotatable bonds is 5. The number of ketones is 1. The number of aryl methyl sites for hydroxylation is 1. The van der Waals surface area contributed by atoms with Gasteiger partial charge in [-0.25, -0.2) is 0 Å². The first-order valence-electron chi connectivity index (χ1n) is 5.53. The van der Waals surface area contributed by atoms with Crippen molar-refractivity contribution in [3.63, 3.8) is 0 Å². The summed E-state index contributed by atoms with van der Waals surface area (Å²) >= 11 is 0. The number of carbonyl (C=O) groups is 1. The van der Waals surface area contributed by atoms with Gasteiger partial charge in [0.1, 0.15) is 5.78 Å². The minimum atomic E-state index is -1.03. The minimum Gasteiger partial charge on any atom is -0.358 e. The van der Waals surface area contributed by atoms with Gasteiger partial charge in [-0.2, -0.15) is 0 Å².